The highest BCUT2D eigenvalue weighted by Gasteiger charge is 2.29. The van der Waals surface area contributed by atoms with Gasteiger partial charge in [0, 0.05) is 0 Å². The van der Waals surface area contributed by atoms with Gasteiger partial charge in [-0.05, 0) is 12.0 Å². The molecule has 1 fully saturated rings. The molecular formula is C11H11NO2. The summed E-state index contributed by atoms with van der Waals surface area (Å²) < 4.78 is 0. The second kappa shape index (κ2) is 3.62. The van der Waals surface area contributed by atoms with Crippen LogP contribution < -0.4 is 5.32 Å². The molecule has 72 valence electrons. The van der Waals surface area contributed by atoms with Crippen LogP contribution in [-0.4, -0.2) is 17.7 Å². The lowest BCUT2D eigenvalue weighted by Gasteiger charge is -2.07. The van der Waals surface area contributed by atoms with Gasteiger partial charge in [0.05, 0.1) is 12.5 Å². The molecule has 3 heteroatoms. The molecule has 1 saturated heterocycles. The minimum Gasteiger partial charge on any atom is -0.346 e. The second-order valence-electron chi connectivity index (χ2n) is 3.45. The van der Waals surface area contributed by atoms with E-state index >= 15 is 0 Å². The summed E-state index contributed by atoms with van der Waals surface area (Å²) in [7, 11) is 0. The standard InChI is InChI=1S/C11H11NO2/c13-10-7-11(14)12-9(10)6-8-4-2-1-3-5-8/h1-5,9H,6-7H2,(H,12,14)/t9-/m0/s1. The Morgan fingerprint density at radius 3 is 2.50 bits per heavy atom. The third kappa shape index (κ3) is 1.82. The Morgan fingerprint density at radius 2 is 1.93 bits per heavy atom. The van der Waals surface area contributed by atoms with Gasteiger partial charge in [-0.1, -0.05) is 30.3 Å². The van der Waals surface area contributed by atoms with E-state index in [4.69, 9.17) is 0 Å². The summed E-state index contributed by atoms with van der Waals surface area (Å²) in [6.45, 7) is 0. The monoisotopic (exact) mass is 189 g/mol. The van der Waals surface area contributed by atoms with Gasteiger partial charge in [0.25, 0.3) is 0 Å². The molecule has 0 aromatic heterocycles. The van der Waals surface area contributed by atoms with E-state index in [0.29, 0.717) is 6.42 Å². The zero-order chi connectivity index (χ0) is 9.97. The van der Waals surface area contributed by atoms with Crippen molar-refractivity contribution in [3.8, 4) is 0 Å². The summed E-state index contributed by atoms with van der Waals surface area (Å²) in [6, 6.07) is 9.38. The molecule has 1 heterocycles. The molecule has 1 aromatic rings. The van der Waals surface area contributed by atoms with Crippen molar-refractivity contribution in [2.45, 2.75) is 18.9 Å². The molecule has 2 rings (SSSR count). The number of nitrogens with one attached hydrogen (secondary N) is 1. The first kappa shape index (κ1) is 8.94. The van der Waals surface area contributed by atoms with Gasteiger partial charge in [-0.2, -0.15) is 0 Å². The van der Waals surface area contributed by atoms with Gasteiger partial charge in [-0.15, -0.1) is 0 Å². The topological polar surface area (TPSA) is 46.2 Å². The van der Waals surface area contributed by atoms with Crippen LogP contribution in [0.3, 0.4) is 0 Å². The van der Waals surface area contributed by atoms with Gasteiger partial charge < -0.3 is 5.32 Å². The molecule has 1 aromatic carbocycles. The maximum absolute atomic E-state index is 11.3. The van der Waals surface area contributed by atoms with Crippen molar-refractivity contribution in [1.82, 2.24) is 5.32 Å². The maximum atomic E-state index is 11.3. The van der Waals surface area contributed by atoms with Crippen LogP contribution in [0.4, 0.5) is 0 Å². The minimum atomic E-state index is -0.315. The fourth-order valence-electron chi connectivity index (χ4n) is 1.62. The van der Waals surface area contributed by atoms with Crippen molar-refractivity contribution in [3.05, 3.63) is 35.9 Å². The highest BCUT2D eigenvalue weighted by molar-refractivity contribution is 6.07. The van der Waals surface area contributed by atoms with Crippen LogP contribution in [0.5, 0.6) is 0 Å². The van der Waals surface area contributed by atoms with Crippen LogP contribution in [0.2, 0.25) is 0 Å². The van der Waals surface area contributed by atoms with Crippen LogP contribution in [0.25, 0.3) is 0 Å². The molecule has 1 N–H and O–H groups in total. The maximum Gasteiger partial charge on any atom is 0.228 e. The number of carbonyl (C=O) groups excluding carboxylic acids is 2. The Morgan fingerprint density at radius 1 is 1.21 bits per heavy atom. The molecule has 1 aliphatic rings. The zero-order valence-electron chi connectivity index (χ0n) is 7.69. The van der Waals surface area contributed by atoms with E-state index in [2.05, 4.69) is 5.32 Å². The smallest absolute Gasteiger partial charge is 0.228 e. The Labute approximate surface area is 82.1 Å². The predicted molar refractivity (Wildman–Crippen MR) is 51.7 cm³/mol. The number of rotatable bonds is 2. The van der Waals surface area contributed by atoms with Gasteiger partial charge >= 0.3 is 0 Å². The SMILES string of the molecule is O=C1CC(=O)[C@H](Cc2ccccc2)N1. The fraction of sp³-hybridized carbons (Fsp3) is 0.273. The molecular weight excluding hydrogens is 178 g/mol. The molecule has 0 radical (unpaired) electrons. The number of benzene rings is 1. The average Bonchev–Trinajstić information content (AvgIpc) is 2.47. The van der Waals surface area contributed by atoms with Crippen LogP contribution in [-0.2, 0) is 16.0 Å². The van der Waals surface area contributed by atoms with Crippen molar-refractivity contribution in [2.75, 3.05) is 0 Å². The Balaban J connectivity index is 2.05. The largest absolute Gasteiger partial charge is 0.346 e. The summed E-state index contributed by atoms with van der Waals surface area (Å²) in [5.41, 5.74) is 1.08. The zero-order valence-corrected chi connectivity index (χ0v) is 7.69. The first-order valence-electron chi connectivity index (χ1n) is 4.62. The molecule has 3 nitrogen and oxygen atoms in total. The molecule has 1 amide bonds. The third-order valence-corrected chi connectivity index (χ3v) is 2.34. The molecule has 1 aliphatic heterocycles. The van der Waals surface area contributed by atoms with Crippen molar-refractivity contribution in [2.24, 2.45) is 0 Å². The Kier molecular flexibility index (Phi) is 2.31. The van der Waals surface area contributed by atoms with E-state index in [-0.39, 0.29) is 24.2 Å². The number of carbonyl (C=O) groups is 2. The summed E-state index contributed by atoms with van der Waals surface area (Å²) >= 11 is 0. The van der Waals surface area contributed by atoms with Gasteiger partial charge in [-0.25, -0.2) is 0 Å². The summed E-state index contributed by atoms with van der Waals surface area (Å²) in [6.07, 6.45) is 0.642. The first-order chi connectivity index (χ1) is 6.75. The van der Waals surface area contributed by atoms with E-state index < -0.39 is 0 Å². The number of ketones is 1. The van der Waals surface area contributed by atoms with Crippen molar-refractivity contribution >= 4 is 11.7 Å². The van der Waals surface area contributed by atoms with E-state index in [0.717, 1.165) is 5.56 Å². The predicted octanol–water partition coefficient (Wildman–Crippen LogP) is 0.687. The molecule has 1 atom stereocenters. The molecule has 14 heavy (non-hydrogen) atoms. The fourth-order valence-corrected chi connectivity index (χ4v) is 1.62. The van der Waals surface area contributed by atoms with Crippen LogP contribution in [0, 0.1) is 0 Å². The normalized spacial score (nSPS) is 21.0. The lowest BCUT2D eigenvalue weighted by Crippen LogP contribution is -2.31. The van der Waals surface area contributed by atoms with E-state index in [1.807, 2.05) is 30.3 Å². The number of amides is 1. The lowest BCUT2D eigenvalue weighted by atomic mass is 10.0. The quantitative estimate of drug-likeness (QED) is 0.695. The highest BCUT2D eigenvalue weighted by atomic mass is 16.2. The Hall–Kier alpha value is -1.64. The van der Waals surface area contributed by atoms with Crippen molar-refractivity contribution in [1.29, 1.82) is 0 Å². The summed E-state index contributed by atoms with van der Waals surface area (Å²) in [5.74, 6) is -0.158. The number of hydrogen-bond acceptors (Lipinski definition) is 2. The summed E-state index contributed by atoms with van der Waals surface area (Å²) in [4.78, 5) is 22.2. The molecule has 0 saturated carbocycles. The van der Waals surface area contributed by atoms with Gasteiger partial charge in [0.15, 0.2) is 5.78 Å². The van der Waals surface area contributed by atoms with Gasteiger partial charge in [-0.3, -0.25) is 9.59 Å². The highest BCUT2D eigenvalue weighted by Crippen LogP contribution is 2.09. The molecule has 0 aliphatic carbocycles. The van der Waals surface area contributed by atoms with Crippen molar-refractivity contribution < 1.29 is 9.59 Å². The average molecular weight is 189 g/mol. The number of Topliss-reactive ketones (excluding diaryl/α,β-unsaturated/α-hetero) is 1. The van der Waals surface area contributed by atoms with Gasteiger partial charge in [0.1, 0.15) is 0 Å². The van der Waals surface area contributed by atoms with E-state index in [9.17, 15) is 9.59 Å². The van der Waals surface area contributed by atoms with E-state index in [1.165, 1.54) is 0 Å². The molecule has 0 unspecified atom stereocenters. The van der Waals surface area contributed by atoms with Crippen molar-refractivity contribution in [3.63, 3.8) is 0 Å². The van der Waals surface area contributed by atoms with Crippen LogP contribution in [0.1, 0.15) is 12.0 Å². The van der Waals surface area contributed by atoms with Crippen LogP contribution >= 0.6 is 0 Å². The lowest BCUT2D eigenvalue weighted by molar-refractivity contribution is -0.122. The summed E-state index contributed by atoms with van der Waals surface area (Å²) in [5, 5.41) is 2.66. The second-order valence-corrected chi connectivity index (χ2v) is 3.45. The number of hydrogen-bond donors (Lipinski definition) is 1. The Bertz CT molecular complexity index is 359. The first-order valence-corrected chi connectivity index (χ1v) is 4.62. The minimum absolute atomic E-state index is 0.00106. The molecule has 0 spiro atoms. The van der Waals surface area contributed by atoms with E-state index in [1.54, 1.807) is 0 Å². The third-order valence-electron chi connectivity index (χ3n) is 2.34. The molecule has 0 bridgehead atoms. The van der Waals surface area contributed by atoms with Gasteiger partial charge in [0.2, 0.25) is 5.91 Å². The van der Waals surface area contributed by atoms with Crippen LogP contribution in [0.15, 0.2) is 30.3 Å².